The van der Waals surface area contributed by atoms with Gasteiger partial charge in [-0.15, -0.1) is 0 Å². The van der Waals surface area contributed by atoms with Crippen LogP contribution >= 0.6 is 11.6 Å². The lowest BCUT2D eigenvalue weighted by Gasteiger charge is -2.21. The van der Waals surface area contributed by atoms with Crippen molar-refractivity contribution in [2.75, 3.05) is 14.2 Å². The van der Waals surface area contributed by atoms with Gasteiger partial charge in [-0.2, -0.15) is 0 Å². The number of benzene rings is 1. The number of halogens is 1. The van der Waals surface area contributed by atoms with Gasteiger partial charge in [0.1, 0.15) is 0 Å². The van der Waals surface area contributed by atoms with Crippen molar-refractivity contribution in [3.63, 3.8) is 0 Å². The van der Waals surface area contributed by atoms with Crippen LogP contribution < -0.4 is 14.8 Å². The van der Waals surface area contributed by atoms with Crippen molar-refractivity contribution in [2.24, 2.45) is 5.92 Å². The highest BCUT2D eigenvalue weighted by molar-refractivity contribution is 6.33. The van der Waals surface area contributed by atoms with E-state index in [9.17, 15) is 0 Å². The first-order valence-electron chi connectivity index (χ1n) is 7.30. The molecule has 0 amide bonds. The summed E-state index contributed by atoms with van der Waals surface area (Å²) in [5.74, 6) is 2.08. The van der Waals surface area contributed by atoms with Crippen molar-refractivity contribution >= 4 is 11.6 Å². The second kappa shape index (κ2) is 7.19. The SMILES string of the molecule is COc1ccc(CN[C@H](C)C2CCCC2)c(Cl)c1OC. The molecule has 1 fully saturated rings. The third-order valence-electron chi connectivity index (χ3n) is 4.29. The van der Waals surface area contributed by atoms with Crippen LogP contribution in [-0.2, 0) is 6.54 Å². The number of rotatable bonds is 6. The molecule has 1 saturated carbocycles. The van der Waals surface area contributed by atoms with E-state index >= 15 is 0 Å². The fraction of sp³-hybridized carbons (Fsp3) is 0.625. The van der Waals surface area contributed by atoms with E-state index in [2.05, 4.69) is 12.2 Å². The Labute approximate surface area is 126 Å². The Morgan fingerprint density at radius 1 is 1.25 bits per heavy atom. The molecule has 1 N–H and O–H groups in total. The Morgan fingerprint density at radius 3 is 2.55 bits per heavy atom. The van der Waals surface area contributed by atoms with E-state index in [1.807, 2.05) is 12.1 Å². The smallest absolute Gasteiger partial charge is 0.179 e. The summed E-state index contributed by atoms with van der Waals surface area (Å²) in [7, 11) is 3.23. The Bertz CT molecular complexity index is 444. The Kier molecular flexibility index (Phi) is 5.55. The predicted octanol–water partition coefficient (Wildman–Crippen LogP) is 4.03. The van der Waals surface area contributed by atoms with Crippen LogP contribution in [0.3, 0.4) is 0 Å². The van der Waals surface area contributed by atoms with Crippen molar-refractivity contribution in [1.29, 1.82) is 0 Å². The maximum atomic E-state index is 6.39. The van der Waals surface area contributed by atoms with Crippen LogP contribution in [0.15, 0.2) is 12.1 Å². The van der Waals surface area contributed by atoms with E-state index in [1.54, 1.807) is 14.2 Å². The highest BCUT2D eigenvalue weighted by Gasteiger charge is 2.21. The zero-order valence-corrected chi connectivity index (χ0v) is 13.3. The van der Waals surface area contributed by atoms with Crippen LogP contribution in [0.25, 0.3) is 0 Å². The molecule has 1 aromatic carbocycles. The molecule has 0 saturated heterocycles. The van der Waals surface area contributed by atoms with E-state index in [4.69, 9.17) is 21.1 Å². The zero-order chi connectivity index (χ0) is 14.5. The molecule has 112 valence electrons. The average molecular weight is 298 g/mol. The van der Waals surface area contributed by atoms with Gasteiger partial charge in [-0.25, -0.2) is 0 Å². The number of ether oxygens (including phenoxy) is 2. The van der Waals surface area contributed by atoms with Gasteiger partial charge in [-0.1, -0.05) is 30.5 Å². The topological polar surface area (TPSA) is 30.5 Å². The van der Waals surface area contributed by atoms with E-state index in [0.717, 1.165) is 18.0 Å². The summed E-state index contributed by atoms with van der Waals surface area (Å²) in [4.78, 5) is 0. The van der Waals surface area contributed by atoms with Gasteiger partial charge in [-0.05, 0) is 37.3 Å². The minimum Gasteiger partial charge on any atom is -0.493 e. The van der Waals surface area contributed by atoms with Gasteiger partial charge in [0, 0.05) is 12.6 Å². The lowest BCUT2D eigenvalue weighted by atomic mass is 9.99. The highest BCUT2D eigenvalue weighted by Crippen LogP contribution is 2.37. The second-order valence-electron chi connectivity index (χ2n) is 5.49. The zero-order valence-electron chi connectivity index (χ0n) is 12.5. The minimum absolute atomic E-state index is 0.529. The number of hydrogen-bond acceptors (Lipinski definition) is 3. The molecule has 3 nitrogen and oxygen atoms in total. The fourth-order valence-corrected chi connectivity index (χ4v) is 3.26. The lowest BCUT2D eigenvalue weighted by molar-refractivity contribution is 0.353. The molecule has 1 aliphatic rings. The maximum Gasteiger partial charge on any atom is 0.179 e. The van der Waals surface area contributed by atoms with Crippen LogP contribution in [0.4, 0.5) is 0 Å². The van der Waals surface area contributed by atoms with Crippen LogP contribution in [0.5, 0.6) is 11.5 Å². The van der Waals surface area contributed by atoms with Gasteiger partial charge in [0.15, 0.2) is 11.5 Å². The van der Waals surface area contributed by atoms with Crippen molar-refractivity contribution in [1.82, 2.24) is 5.32 Å². The highest BCUT2D eigenvalue weighted by atomic mass is 35.5. The third-order valence-corrected chi connectivity index (χ3v) is 4.70. The van der Waals surface area contributed by atoms with Gasteiger partial charge in [0.25, 0.3) is 0 Å². The first-order valence-corrected chi connectivity index (χ1v) is 7.68. The quantitative estimate of drug-likeness (QED) is 0.860. The first-order chi connectivity index (χ1) is 9.67. The monoisotopic (exact) mass is 297 g/mol. The molecule has 1 aromatic rings. The summed E-state index contributed by atoms with van der Waals surface area (Å²) >= 11 is 6.39. The Morgan fingerprint density at radius 2 is 1.95 bits per heavy atom. The van der Waals surface area contributed by atoms with E-state index in [1.165, 1.54) is 25.7 Å². The molecule has 0 bridgehead atoms. The average Bonchev–Trinajstić information content (AvgIpc) is 2.99. The Hall–Kier alpha value is -0.930. The first kappa shape index (κ1) is 15.5. The fourth-order valence-electron chi connectivity index (χ4n) is 2.96. The van der Waals surface area contributed by atoms with Crippen LogP contribution in [0, 0.1) is 5.92 Å². The molecular formula is C16H24ClNO2. The van der Waals surface area contributed by atoms with Crippen LogP contribution in [-0.4, -0.2) is 20.3 Å². The van der Waals surface area contributed by atoms with Gasteiger partial charge in [0.2, 0.25) is 0 Å². The maximum absolute atomic E-state index is 6.39. The molecule has 0 heterocycles. The van der Waals surface area contributed by atoms with Gasteiger partial charge in [-0.3, -0.25) is 0 Å². The third kappa shape index (κ3) is 3.39. The summed E-state index contributed by atoms with van der Waals surface area (Å²) in [5, 5.41) is 4.23. The number of nitrogens with one attached hydrogen (secondary N) is 1. The normalized spacial score (nSPS) is 17.2. The molecular weight excluding hydrogens is 274 g/mol. The molecule has 0 aromatic heterocycles. The summed E-state index contributed by atoms with van der Waals surface area (Å²) in [6.45, 7) is 3.03. The van der Waals surface area contributed by atoms with Crippen LogP contribution in [0.1, 0.15) is 38.2 Å². The van der Waals surface area contributed by atoms with E-state index < -0.39 is 0 Å². The molecule has 1 atom stereocenters. The van der Waals surface area contributed by atoms with Crippen LogP contribution in [0.2, 0.25) is 5.02 Å². The van der Waals surface area contributed by atoms with E-state index in [-0.39, 0.29) is 0 Å². The van der Waals surface area contributed by atoms with Gasteiger partial charge in [0.05, 0.1) is 19.2 Å². The molecule has 0 spiro atoms. The van der Waals surface area contributed by atoms with Gasteiger partial charge < -0.3 is 14.8 Å². The lowest BCUT2D eigenvalue weighted by Crippen LogP contribution is -2.31. The predicted molar refractivity (Wildman–Crippen MR) is 82.8 cm³/mol. The van der Waals surface area contributed by atoms with Crippen molar-refractivity contribution < 1.29 is 9.47 Å². The molecule has 1 aliphatic carbocycles. The summed E-state index contributed by atoms with van der Waals surface area (Å²) in [5.41, 5.74) is 1.05. The molecule has 0 unspecified atom stereocenters. The molecule has 20 heavy (non-hydrogen) atoms. The second-order valence-corrected chi connectivity index (χ2v) is 5.87. The molecule has 0 radical (unpaired) electrons. The van der Waals surface area contributed by atoms with Crippen molar-refractivity contribution in [3.05, 3.63) is 22.7 Å². The summed E-state index contributed by atoms with van der Waals surface area (Å²) < 4.78 is 10.6. The largest absolute Gasteiger partial charge is 0.493 e. The number of methoxy groups -OCH3 is 2. The van der Waals surface area contributed by atoms with E-state index in [0.29, 0.717) is 22.6 Å². The minimum atomic E-state index is 0.529. The van der Waals surface area contributed by atoms with Crippen molar-refractivity contribution in [2.45, 2.75) is 45.2 Å². The summed E-state index contributed by atoms with van der Waals surface area (Å²) in [6, 6.07) is 4.43. The van der Waals surface area contributed by atoms with Gasteiger partial charge >= 0.3 is 0 Å². The Balaban J connectivity index is 2.02. The number of hydrogen-bond donors (Lipinski definition) is 1. The summed E-state index contributed by atoms with van der Waals surface area (Å²) in [6.07, 6.45) is 5.42. The molecule has 2 rings (SSSR count). The molecule has 4 heteroatoms. The van der Waals surface area contributed by atoms with Crippen molar-refractivity contribution in [3.8, 4) is 11.5 Å². The molecule has 0 aliphatic heterocycles. The standard InChI is InChI=1S/C16H24ClNO2/c1-11(12-6-4-5-7-12)18-10-13-8-9-14(19-2)16(20-3)15(13)17/h8-9,11-12,18H,4-7,10H2,1-3H3/t11-/m1/s1.